The van der Waals surface area contributed by atoms with Crippen molar-refractivity contribution in [3.05, 3.63) is 35.4 Å². The minimum absolute atomic E-state index is 0.479. The van der Waals surface area contributed by atoms with E-state index in [1.165, 1.54) is 16.5 Å². The molecule has 0 aliphatic heterocycles. The zero-order valence-electron chi connectivity index (χ0n) is 11.9. The smallest absolute Gasteiger partial charge is 0.129 e. The summed E-state index contributed by atoms with van der Waals surface area (Å²) in [6.45, 7) is 8.85. The van der Waals surface area contributed by atoms with Gasteiger partial charge in [-0.3, -0.25) is 0 Å². The second kappa shape index (κ2) is 4.97. The van der Waals surface area contributed by atoms with Crippen molar-refractivity contribution < 1.29 is 0 Å². The van der Waals surface area contributed by atoms with E-state index in [4.69, 9.17) is 4.98 Å². The normalized spacial score (nSPS) is 11.5. The maximum absolute atomic E-state index is 4.70. The second-order valence-electron chi connectivity index (χ2n) is 5.44. The number of benzene rings is 1. The highest BCUT2D eigenvalue weighted by atomic mass is 15.0. The van der Waals surface area contributed by atoms with Crippen LogP contribution in [0.15, 0.2) is 24.3 Å². The van der Waals surface area contributed by atoms with Crippen LogP contribution < -0.4 is 5.32 Å². The van der Waals surface area contributed by atoms with Crippen molar-refractivity contribution >= 4 is 16.7 Å². The lowest BCUT2D eigenvalue weighted by Crippen LogP contribution is -2.01. The van der Waals surface area contributed by atoms with Crippen LogP contribution in [0.25, 0.3) is 10.9 Å². The summed E-state index contributed by atoms with van der Waals surface area (Å²) >= 11 is 0. The summed E-state index contributed by atoms with van der Waals surface area (Å²) in [4.78, 5) is 4.70. The van der Waals surface area contributed by atoms with E-state index in [1.807, 2.05) is 7.05 Å². The molecule has 96 valence electrons. The zero-order valence-corrected chi connectivity index (χ0v) is 11.9. The van der Waals surface area contributed by atoms with E-state index in [1.54, 1.807) is 0 Å². The second-order valence-corrected chi connectivity index (χ2v) is 5.44. The number of fused-ring (bicyclic) bond motifs is 1. The van der Waals surface area contributed by atoms with Crippen LogP contribution in [-0.2, 0) is 0 Å². The van der Waals surface area contributed by atoms with Gasteiger partial charge in [0.25, 0.3) is 0 Å². The summed E-state index contributed by atoms with van der Waals surface area (Å²) in [5, 5.41) is 4.44. The molecule has 2 heteroatoms. The summed E-state index contributed by atoms with van der Waals surface area (Å²) in [5.41, 5.74) is 3.72. The molecule has 1 aromatic heterocycles. The Labute approximate surface area is 109 Å². The molecule has 0 saturated heterocycles. The first-order chi connectivity index (χ1) is 8.52. The predicted molar refractivity (Wildman–Crippen MR) is 79.5 cm³/mol. The molecule has 0 spiro atoms. The van der Waals surface area contributed by atoms with Crippen molar-refractivity contribution in [1.82, 2.24) is 4.98 Å². The molecule has 1 heterocycles. The Morgan fingerprint density at radius 1 is 1.00 bits per heavy atom. The van der Waals surface area contributed by atoms with Gasteiger partial charge in [-0.15, -0.1) is 0 Å². The van der Waals surface area contributed by atoms with Gasteiger partial charge in [-0.05, 0) is 41.2 Å². The van der Waals surface area contributed by atoms with Crippen molar-refractivity contribution in [2.24, 2.45) is 0 Å². The first kappa shape index (κ1) is 12.9. The van der Waals surface area contributed by atoms with Gasteiger partial charge in [-0.25, -0.2) is 4.98 Å². The molecule has 1 N–H and O–H groups in total. The zero-order chi connectivity index (χ0) is 13.3. The van der Waals surface area contributed by atoms with Crippen LogP contribution in [0.2, 0.25) is 0 Å². The van der Waals surface area contributed by atoms with Crippen LogP contribution in [0, 0.1) is 0 Å². The number of hydrogen-bond acceptors (Lipinski definition) is 2. The van der Waals surface area contributed by atoms with Crippen LogP contribution in [0.3, 0.4) is 0 Å². The third-order valence-electron chi connectivity index (χ3n) is 3.39. The van der Waals surface area contributed by atoms with Crippen molar-refractivity contribution in [3.63, 3.8) is 0 Å². The lowest BCUT2D eigenvalue weighted by atomic mass is 9.98. The number of anilines is 1. The van der Waals surface area contributed by atoms with Gasteiger partial charge in [0, 0.05) is 12.4 Å². The molecule has 0 saturated carbocycles. The lowest BCUT2D eigenvalue weighted by Gasteiger charge is -2.14. The summed E-state index contributed by atoms with van der Waals surface area (Å²) in [6.07, 6.45) is 0. The van der Waals surface area contributed by atoms with E-state index < -0.39 is 0 Å². The van der Waals surface area contributed by atoms with Crippen LogP contribution in [0.1, 0.15) is 50.7 Å². The molecule has 0 radical (unpaired) electrons. The van der Waals surface area contributed by atoms with E-state index in [0.717, 1.165) is 11.3 Å². The molecular formula is C16H22N2. The predicted octanol–water partition coefficient (Wildman–Crippen LogP) is 4.52. The number of rotatable bonds is 3. The number of aromatic nitrogens is 1. The molecule has 2 rings (SSSR count). The van der Waals surface area contributed by atoms with Crippen molar-refractivity contribution in [3.8, 4) is 0 Å². The van der Waals surface area contributed by atoms with Gasteiger partial charge >= 0.3 is 0 Å². The molecule has 0 atom stereocenters. The quantitative estimate of drug-likeness (QED) is 0.855. The molecule has 0 unspecified atom stereocenters. The van der Waals surface area contributed by atoms with Crippen LogP contribution in [-0.4, -0.2) is 12.0 Å². The standard InChI is InChI=1S/C16H22N2/c1-10(2)12-6-7-15-13(8-12)9-14(11(3)4)16(17-5)18-15/h6-11H,1-5H3,(H,17,18). The first-order valence-corrected chi connectivity index (χ1v) is 6.65. The Balaban J connectivity index is 2.64. The van der Waals surface area contributed by atoms with E-state index in [2.05, 4.69) is 57.3 Å². The van der Waals surface area contributed by atoms with Crippen LogP contribution in [0.5, 0.6) is 0 Å². The number of nitrogens with one attached hydrogen (secondary N) is 1. The Morgan fingerprint density at radius 3 is 2.28 bits per heavy atom. The van der Waals surface area contributed by atoms with E-state index in [9.17, 15) is 0 Å². The summed E-state index contributed by atoms with van der Waals surface area (Å²) < 4.78 is 0. The SMILES string of the molecule is CNc1nc2ccc(C(C)C)cc2cc1C(C)C. The van der Waals surface area contributed by atoms with Gasteiger partial charge in [-0.2, -0.15) is 0 Å². The van der Waals surface area contributed by atoms with E-state index in [-0.39, 0.29) is 0 Å². The fourth-order valence-corrected chi connectivity index (χ4v) is 2.21. The molecular weight excluding hydrogens is 220 g/mol. The minimum Gasteiger partial charge on any atom is -0.373 e. The molecule has 0 aliphatic rings. The van der Waals surface area contributed by atoms with Gasteiger partial charge in [0.2, 0.25) is 0 Å². The molecule has 0 bridgehead atoms. The lowest BCUT2D eigenvalue weighted by molar-refractivity contribution is 0.861. The highest BCUT2D eigenvalue weighted by Gasteiger charge is 2.10. The first-order valence-electron chi connectivity index (χ1n) is 6.65. The maximum atomic E-state index is 4.70. The van der Waals surface area contributed by atoms with Crippen molar-refractivity contribution in [1.29, 1.82) is 0 Å². The Hall–Kier alpha value is -1.57. The fourth-order valence-electron chi connectivity index (χ4n) is 2.21. The Morgan fingerprint density at radius 2 is 1.72 bits per heavy atom. The van der Waals surface area contributed by atoms with Gasteiger partial charge in [0.1, 0.15) is 5.82 Å². The Bertz CT molecular complexity index is 556. The third-order valence-corrected chi connectivity index (χ3v) is 3.39. The van der Waals surface area contributed by atoms with Crippen molar-refractivity contribution in [2.45, 2.75) is 39.5 Å². The Kier molecular flexibility index (Phi) is 3.55. The fraction of sp³-hybridized carbons (Fsp3) is 0.438. The largest absolute Gasteiger partial charge is 0.373 e. The summed E-state index contributed by atoms with van der Waals surface area (Å²) in [7, 11) is 1.93. The average molecular weight is 242 g/mol. The number of hydrogen-bond donors (Lipinski definition) is 1. The summed E-state index contributed by atoms with van der Waals surface area (Å²) in [5.74, 6) is 2.03. The van der Waals surface area contributed by atoms with Gasteiger partial charge < -0.3 is 5.32 Å². The monoisotopic (exact) mass is 242 g/mol. The minimum atomic E-state index is 0.479. The van der Waals surface area contributed by atoms with Crippen molar-refractivity contribution in [2.75, 3.05) is 12.4 Å². The molecule has 2 nitrogen and oxygen atoms in total. The number of pyridine rings is 1. The molecule has 2 aromatic rings. The molecule has 0 aliphatic carbocycles. The number of nitrogens with zero attached hydrogens (tertiary/aromatic N) is 1. The van der Waals surface area contributed by atoms with E-state index >= 15 is 0 Å². The van der Waals surface area contributed by atoms with Crippen LogP contribution in [0.4, 0.5) is 5.82 Å². The molecule has 0 amide bonds. The van der Waals surface area contributed by atoms with E-state index in [0.29, 0.717) is 11.8 Å². The van der Waals surface area contributed by atoms with Gasteiger partial charge in [0.05, 0.1) is 5.52 Å². The molecule has 1 aromatic carbocycles. The molecule has 0 fully saturated rings. The average Bonchev–Trinajstić information content (AvgIpc) is 2.36. The third kappa shape index (κ3) is 2.33. The van der Waals surface area contributed by atoms with Gasteiger partial charge in [-0.1, -0.05) is 33.8 Å². The maximum Gasteiger partial charge on any atom is 0.129 e. The highest BCUT2D eigenvalue weighted by molar-refractivity contribution is 5.82. The summed E-state index contributed by atoms with van der Waals surface area (Å²) in [6, 6.07) is 8.83. The van der Waals surface area contributed by atoms with Crippen LogP contribution >= 0.6 is 0 Å². The topological polar surface area (TPSA) is 24.9 Å². The highest BCUT2D eigenvalue weighted by Crippen LogP contribution is 2.28. The molecule has 18 heavy (non-hydrogen) atoms. The van der Waals surface area contributed by atoms with Gasteiger partial charge in [0.15, 0.2) is 0 Å².